The lowest BCUT2D eigenvalue weighted by atomic mass is 9.94. The van der Waals surface area contributed by atoms with Gasteiger partial charge in [-0.25, -0.2) is 0 Å². The number of ketones is 1. The van der Waals surface area contributed by atoms with Crippen LogP contribution in [-0.2, 0) is 16.1 Å². The molecule has 162 valence electrons. The van der Waals surface area contributed by atoms with Gasteiger partial charge in [-0.2, -0.15) is 0 Å². The number of carbonyl (C=O) groups is 2. The molecule has 31 heavy (non-hydrogen) atoms. The summed E-state index contributed by atoms with van der Waals surface area (Å²) in [6.45, 7) is 11.8. The van der Waals surface area contributed by atoms with Gasteiger partial charge in [0, 0.05) is 31.5 Å². The van der Waals surface area contributed by atoms with E-state index < -0.39 is 0 Å². The summed E-state index contributed by atoms with van der Waals surface area (Å²) in [6, 6.07) is 6.34. The van der Waals surface area contributed by atoms with Gasteiger partial charge in [0.05, 0.1) is 22.9 Å². The maximum absolute atomic E-state index is 13.2. The van der Waals surface area contributed by atoms with Crippen molar-refractivity contribution in [3.05, 3.63) is 81.5 Å². The number of aryl methyl sites for hydroxylation is 2. The predicted molar refractivity (Wildman–Crippen MR) is 123 cm³/mol. The Bertz CT molecular complexity index is 1050. The molecule has 3 aliphatic rings. The predicted octanol–water partition coefficient (Wildman–Crippen LogP) is 4.11. The molecule has 3 heterocycles. The third-order valence-electron chi connectivity index (χ3n) is 6.77. The number of allylic oxidation sites excluding steroid dienone is 3. The molecule has 1 aromatic rings. The Morgan fingerprint density at radius 3 is 2.42 bits per heavy atom. The zero-order chi connectivity index (χ0) is 22.3. The monoisotopic (exact) mass is 417 g/mol. The number of nitrogens with one attached hydrogen (secondary N) is 1. The lowest BCUT2D eigenvalue weighted by molar-refractivity contribution is -0.138. The molecule has 5 nitrogen and oxygen atoms in total. The molecule has 1 fully saturated rings. The molecule has 1 amide bonds. The highest BCUT2D eigenvalue weighted by atomic mass is 16.2. The number of likely N-dealkylation sites (tertiary alicyclic amines) is 1. The highest BCUT2D eigenvalue weighted by molar-refractivity contribution is 5.98. The molecule has 0 spiro atoms. The Kier molecular flexibility index (Phi) is 5.61. The molecule has 0 atom stereocenters. The molecule has 5 heteroatoms. The number of hydrogen-bond acceptors (Lipinski definition) is 4. The molecule has 3 aliphatic heterocycles. The Hall–Kier alpha value is -3.08. The average Bonchev–Trinajstić information content (AvgIpc) is 2.68. The maximum atomic E-state index is 13.2. The lowest BCUT2D eigenvalue weighted by Gasteiger charge is -2.40. The van der Waals surface area contributed by atoms with Gasteiger partial charge in [0.2, 0.25) is 0 Å². The second kappa shape index (κ2) is 8.22. The summed E-state index contributed by atoms with van der Waals surface area (Å²) in [5.41, 5.74) is 8.96. The molecule has 0 aliphatic carbocycles. The fourth-order valence-electron chi connectivity index (χ4n) is 4.35. The van der Waals surface area contributed by atoms with Gasteiger partial charge in [0.15, 0.2) is 0 Å². The SMILES string of the molecule is CC(=O)C1CN(C(=O)C2=CN3C(=CCC(C)=C3C)C(NCc3c(C)cccc3C)=C2)C1. The topological polar surface area (TPSA) is 52.7 Å². The molecule has 0 unspecified atom stereocenters. The molecular weight excluding hydrogens is 386 g/mol. The van der Waals surface area contributed by atoms with Gasteiger partial charge in [-0.3, -0.25) is 9.59 Å². The first-order valence-electron chi connectivity index (χ1n) is 10.9. The van der Waals surface area contributed by atoms with Gasteiger partial charge < -0.3 is 15.1 Å². The number of carbonyl (C=O) groups excluding carboxylic acids is 2. The molecule has 4 rings (SSSR count). The van der Waals surface area contributed by atoms with Crippen LogP contribution in [0.5, 0.6) is 0 Å². The van der Waals surface area contributed by atoms with E-state index in [1.165, 1.54) is 22.3 Å². The van der Waals surface area contributed by atoms with E-state index in [0.717, 1.165) is 23.5 Å². The van der Waals surface area contributed by atoms with E-state index >= 15 is 0 Å². The van der Waals surface area contributed by atoms with E-state index in [1.807, 2.05) is 12.3 Å². The first kappa shape index (κ1) is 21.2. The maximum Gasteiger partial charge on any atom is 0.255 e. The van der Waals surface area contributed by atoms with E-state index in [1.54, 1.807) is 11.8 Å². The minimum absolute atomic E-state index is 0.0149. The summed E-state index contributed by atoms with van der Waals surface area (Å²) in [4.78, 5) is 28.6. The van der Waals surface area contributed by atoms with Crippen LogP contribution >= 0.6 is 0 Å². The molecule has 0 bridgehead atoms. The third kappa shape index (κ3) is 3.97. The zero-order valence-electron chi connectivity index (χ0n) is 19.1. The molecule has 0 aromatic heterocycles. The van der Waals surface area contributed by atoms with Gasteiger partial charge in [-0.1, -0.05) is 24.3 Å². The average molecular weight is 418 g/mol. The first-order valence-corrected chi connectivity index (χ1v) is 10.9. The summed E-state index contributed by atoms with van der Waals surface area (Å²) < 4.78 is 0. The number of Topliss-reactive ketones (excluding diaryl/α,β-unsaturated/α-hetero) is 1. The number of nitrogens with zero attached hydrogens (tertiary/aromatic N) is 2. The van der Waals surface area contributed by atoms with Gasteiger partial charge in [0.1, 0.15) is 5.78 Å². The van der Waals surface area contributed by atoms with Crippen LogP contribution in [0.4, 0.5) is 0 Å². The standard InChI is InChI=1S/C26H31N3O2/c1-16-9-10-25-24(27-12-23-17(2)7-6-8-18(23)3)11-21(15-29(25)19(16)4)26(31)28-13-22(14-28)20(5)30/h6-8,10-11,15,22,27H,9,12-14H2,1-5H3. The van der Waals surface area contributed by atoms with Crippen LogP contribution in [0.1, 0.15) is 43.9 Å². The van der Waals surface area contributed by atoms with Crippen molar-refractivity contribution in [1.29, 1.82) is 0 Å². The van der Waals surface area contributed by atoms with Crippen molar-refractivity contribution >= 4 is 11.7 Å². The lowest BCUT2D eigenvalue weighted by Crippen LogP contribution is -2.53. The van der Waals surface area contributed by atoms with Gasteiger partial charge >= 0.3 is 0 Å². The Labute approximate surface area is 184 Å². The number of hydrogen-bond donors (Lipinski definition) is 1. The van der Waals surface area contributed by atoms with E-state index in [-0.39, 0.29) is 17.6 Å². The van der Waals surface area contributed by atoms with Gasteiger partial charge in [0.25, 0.3) is 5.91 Å². The quantitative estimate of drug-likeness (QED) is 0.784. The molecule has 1 aromatic carbocycles. The zero-order valence-corrected chi connectivity index (χ0v) is 19.1. The largest absolute Gasteiger partial charge is 0.379 e. The van der Waals surface area contributed by atoms with Crippen LogP contribution in [0.2, 0.25) is 0 Å². The van der Waals surface area contributed by atoms with Crippen molar-refractivity contribution in [3.63, 3.8) is 0 Å². The van der Waals surface area contributed by atoms with Crippen molar-refractivity contribution in [2.45, 2.75) is 47.6 Å². The normalized spacial score (nSPS) is 18.7. The summed E-state index contributed by atoms with van der Waals surface area (Å²) in [7, 11) is 0. The van der Waals surface area contributed by atoms with Crippen LogP contribution < -0.4 is 5.32 Å². The molecule has 0 saturated carbocycles. The van der Waals surface area contributed by atoms with Crippen LogP contribution in [0, 0.1) is 19.8 Å². The van der Waals surface area contributed by atoms with Gasteiger partial charge in [-0.15, -0.1) is 0 Å². The summed E-state index contributed by atoms with van der Waals surface area (Å²) >= 11 is 0. The number of amides is 1. The van der Waals surface area contributed by atoms with Crippen molar-refractivity contribution in [2.75, 3.05) is 13.1 Å². The summed E-state index contributed by atoms with van der Waals surface area (Å²) in [5, 5.41) is 3.60. The van der Waals surface area contributed by atoms with E-state index in [9.17, 15) is 9.59 Å². The number of benzene rings is 1. The smallest absolute Gasteiger partial charge is 0.255 e. The highest BCUT2D eigenvalue weighted by Gasteiger charge is 2.36. The van der Waals surface area contributed by atoms with Gasteiger partial charge in [-0.05, 0) is 69.4 Å². The third-order valence-corrected chi connectivity index (χ3v) is 6.77. The first-order chi connectivity index (χ1) is 14.8. The number of fused-ring (bicyclic) bond motifs is 1. The van der Waals surface area contributed by atoms with Crippen molar-refractivity contribution in [1.82, 2.24) is 15.1 Å². The Morgan fingerprint density at radius 2 is 1.77 bits per heavy atom. The Morgan fingerprint density at radius 1 is 1.10 bits per heavy atom. The van der Waals surface area contributed by atoms with Crippen LogP contribution in [0.15, 0.2) is 64.8 Å². The number of rotatable bonds is 5. The molecule has 1 saturated heterocycles. The highest BCUT2D eigenvalue weighted by Crippen LogP contribution is 2.34. The fourth-order valence-corrected chi connectivity index (χ4v) is 4.35. The minimum Gasteiger partial charge on any atom is -0.379 e. The van der Waals surface area contributed by atoms with Crippen molar-refractivity contribution in [3.8, 4) is 0 Å². The van der Waals surface area contributed by atoms with E-state index in [0.29, 0.717) is 25.2 Å². The molecule has 1 N–H and O–H groups in total. The van der Waals surface area contributed by atoms with Crippen LogP contribution in [0.25, 0.3) is 0 Å². The van der Waals surface area contributed by atoms with E-state index in [2.05, 4.69) is 62.2 Å². The summed E-state index contributed by atoms with van der Waals surface area (Å²) in [5.74, 6) is 0.121. The fraction of sp³-hybridized carbons (Fsp3) is 0.385. The van der Waals surface area contributed by atoms with Crippen LogP contribution in [0.3, 0.4) is 0 Å². The van der Waals surface area contributed by atoms with Crippen molar-refractivity contribution < 1.29 is 9.59 Å². The second-order valence-corrected chi connectivity index (χ2v) is 8.91. The Balaban J connectivity index is 1.61. The molecule has 0 radical (unpaired) electrons. The summed E-state index contributed by atoms with van der Waals surface area (Å²) in [6.07, 6.45) is 7.04. The van der Waals surface area contributed by atoms with Crippen LogP contribution in [-0.4, -0.2) is 34.6 Å². The van der Waals surface area contributed by atoms with E-state index in [4.69, 9.17) is 0 Å². The molecular formula is C26H31N3O2. The second-order valence-electron chi connectivity index (χ2n) is 8.91. The minimum atomic E-state index is -0.0203. The van der Waals surface area contributed by atoms with Crippen molar-refractivity contribution in [2.24, 2.45) is 5.92 Å².